The number of hydrogen-bond donors (Lipinski definition) is 1. The Labute approximate surface area is 189 Å². The normalized spacial score (nSPS) is 11.3. The second kappa shape index (κ2) is 11.3. The number of nitrogens with one attached hydrogen (secondary N) is 1. The van der Waals surface area contributed by atoms with Crippen molar-refractivity contribution in [2.75, 3.05) is 18.5 Å². The van der Waals surface area contributed by atoms with Gasteiger partial charge < -0.3 is 10.1 Å². The number of esters is 1. The summed E-state index contributed by atoms with van der Waals surface area (Å²) >= 11 is 0. The molecule has 0 saturated heterocycles. The molecule has 1 amide bonds. The number of halogens is 3. The van der Waals surface area contributed by atoms with Gasteiger partial charge in [-0.3, -0.25) is 14.5 Å². The third-order valence-corrected chi connectivity index (χ3v) is 4.72. The van der Waals surface area contributed by atoms with Gasteiger partial charge in [-0.05, 0) is 23.3 Å². The maximum atomic E-state index is 13.1. The van der Waals surface area contributed by atoms with Crippen LogP contribution in [-0.4, -0.2) is 29.9 Å². The third-order valence-electron chi connectivity index (χ3n) is 4.72. The van der Waals surface area contributed by atoms with Crippen LogP contribution >= 0.6 is 0 Å². The van der Waals surface area contributed by atoms with Gasteiger partial charge in [-0.2, -0.15) is 13.2 Å². The summed E-state index contributed by atoms with van der Waals surface area (Å²) in [6.45, 7) is 0.192. The molecule has 5 nitrogen and oxygen atoms in total. The monoisotopic (exact) mass is 456 g/mol. The van der Waals surface area contributed by atoms with Crippen LogP contribution in [-0.2, 0) is 33.6 Å². The molecule has 33 heavy (non-hydrogen) atoms. The molecule has 0 bridgehead atoms. The molecule has 172 valence electrons. The summed E-state index contributed by atoms with van der Waals surface area (Å²) in [6, 6.07) is 23.8. The lowest BCUT2D eigenvalue weighted by atomic mass is 10.1. The zero-order chi connectivity index (χ0) is 23.7. The molecule has 0 aromatic heterocycles. The number of para-hydroxylation sites is 1. The number of nitrogens with zero attached hydrogens (tertiary/aromatic N) is 1. The second-order valence-corrected chi connectivity index (χ2v) is 7.37. The number of carbonyl (C=O) groups is 2. The SMILES string of the molecule is O=C(COC(=O)CN(Cc1ccccc1)Cc1ccccc1)Nc1ccccc1C(F)(F)F. The first-order chi connectivity index (χ1) is 15.8. The van der Waals surface area contributed by atoms with E-state index in [1.54, 1.807) is 0 Å². The molecule has 0 saturated carbocycles. The van der Waals surface area contributed by atoms with E-state index >= 15 is 0 Å². The van der Waals surface area contributed by atoms with Crippen molar-refractivity contribution in [1.29, 1.82) is 0 Å². The van der Waals surface area contributed by atoms with E-state index in [4.69, 9.17) is 4.74 Å². The van der Waals surface area contributed by atoms with Crippen molar-refractivity contribution in [1.82, 2.24) is 4.90 Å². The molecule has 3 aromatic rings. The molecule has 0 heterocycles. The Balaban J connectivity index is 1.58. The van der Waals surface area contributed by atoms with Gasteiger partial charge in [0.1, 0.15) is 0 Å². The van der Waals surface area contributed by atoms with Crippen LogP contribution in [0.3, 0.4) is 0 Å². The summed E-state index contributed by atoms with van der Waals surface area (Å²) in [7, 11) is 0. The number of carbonyl (C=O) groups excluding carboxylic acids is 2. The van der Waals surface area contributed by atoms with E-state index in [-0.39, 0.29) is 12.2 Å². The average Bonchev–Trinajstić information content (AvgIpc) is 2.79. The Morgan fingerprint density at radius 1 is 0.788 bits per heavy atom. The molecule has 3 rings (SSSR count). The quantitative estimate of drug-likeness (QED) is 0.466. The Kier molecular flexibility index (Phi) is 8.21. The molecule has 3 aromatic carbocycles. The minimum atomic E-state index is -4.62. The van der Waals surface area contributed by atoms with Crippen LogP contribution in [0.4, 0.5) is 18.9 Å². The molecular formula is C25H23F3N2O3. The lowest BCUT2D eigenvalue weighted by molar-refractivity contribution is -0.148. The van der Waals surface area contributed by atoms with Crippen LogP contribution in [0.2, 0.25) is 0 Å². The van der Waals surface area contributed by atoms with Crippen molar-refractivity contribution in [3.05, 3.63) is 102 Å². The number of benzene rings is 3. The van der Waals surface area contributed by atoms with E-state index < -0.39 is 30.2 Å². The van der Waals surface area contributed by atoms with E-state index in [2.05, 4.69) is 5.32 Å². The van der Waals surface area contributed by atoms with Crippen molar-refractivity contribution in [2.45, 2.75) is 19.3 Å². The van der Waals surface area contributed by atoms with E-state index in [1.807, 2.05) is 65.6 Å². The highest BCUT2D eigenvalue weighted by Crippen LogP contribution is 2.34. The first-order valence-corrected chi connectivity index (χ1v) is 10.2. The second-order valence-electron chi connectivity index (χ2n) is 7.37. The highest BCUT2D eigenvalue weighted by Gasteiger charge is 2.33. The number of rotatable bonds is 9. The highest BCUT2D eigenvalue weighted by molar-refractivity contribution is 5.93. The zero-order valence-corrected chi connectivity index (χ0v) is 17.7. The Bertz CT molecular complexity index is 1020. The molecule has 0 spiro atoms. The average molecular weight is 456 g/mol. The standard InChI is InChI=1S/C25H23F3N2O3/c26-25(27,28)21-13-7-8-14-22(21)29-23(31)18-33-24(32)17-30(15-19-9-3-1-4-10-19)16-20-11-5-2-6-12-20/h1-14H,15-18H2,(H,29,31). The molecule has 1 N–H and O–H groups in total. The van der Waals surface area contributed by atoms with Crippen LogP contribution < -0.4 is 5.32 Å². The molecule has 0 aliphatic rings. The molecule has 0 aliphatic carbocycles. The van der Waals surface area contributed by atoms with E-state index in [9.17, 15) is 22.8 Å². The molecular weight excluding hydrogens is 433 g/mol. The number of ether oxygens (including phenoxy) is 1. The fraction of sp³-hybridized carbons (Fsp3) is 0.200. The number of hydrogen-bond acceptors (Lipinski definition) is 4. The Hall–Kier alpha value is -3.65. The van der Waals surface area contributed by atoms with Crippen LogP contribution in [0.15, 0.2) is 84.9 Å². The summed E-state index contributed by atoms with van der Waals surface area (Å²) in [5.74, 6) is -1.50. The minimum absolute atomic E-state index is 0.0871. The molecule has 0 radical (unpaired) electrons. The summed E-state index contributed by atoms with van der Waals surface area (Å²) < 4.78 is 44.2. The third kappa shape index (κ3) is 7.76. The smallest absolute Gasteiger partial charge is 0.418 e. The van der Waals surface area contributed by atoms with Gasteiger partial charge in [0, 0.05) is 13.1 Å². The number of amides is 1. The number of anilines is 1. The van der Waals surface area contributed by atoms with Crippen molar-refractivity contribution in [2.24, 2.45) is 0 Å². The van der Waals surface area contributed by atoms with Crippen molar-refractivity contribution in [3.63, 3.8) is 0 Å². The van der Waals surface area contributed by atoms with E-state index in [1.165, 1.54) is 12.1 Å². The fourth-order valence-electron chi connectivity index (χ4n) is 3.25. The van der Waals surface area contributed by atoms with Gasteiger partial charge >= 0.3 is 12.1 Å². The summed E-state index contributed by atoms with van der Waals surface area (Å²) in [5.41, 5.74) is 0.646. The lowest BCUT2D eigenvalue weighted by Crippen LogP contribution is -2.32. The maximum Gasteiger partial charge on any atom is 0.418 e. The summed E-state index contributed by atoms with van der Waals surface area (Å²) in [4.78, 5) is 26.4. The van der Waals surface area contributed by atoms with E-state index in [0.29, 0.717) is 13.1 Å². The molecule has 0 aliphatic heterocycles. The maximum absolute atomic E-state index is 13.1. The summed E-state index contributed by atoms with van der Waals surface area (Å²) in [6.07, 6.45) is -4.62. The molecule has 8 heteroatoms. The van der Waals surface area contributed by atoms with Gasteiger partial charge in [-0.15, -0.1) is 0 Å². The molecule has 0 atom stereocenters. The van der Waals surface area contributed by atoms with Crippen molar-refractivity contribution < 1.29 is 27.5 Å². The summed E-state index contributed by atoms with van der Waals surface area (Å²) in [5, 5.41) is 2.16. The van der Waals surface area contributed by atoms with Crippen LogP contribution in [0.1, 0.15) is 16.7 Å². The minimum Gasteiger partial charge on any atom is -0.455 e. The van der Waals surface area contributed by atoms with Gasteiger partial charge in [-0.1, -0.05) is 72.8 Å². The Morgan fingerprint density at radius 2 is 1.30 bits per heavy atom. The lowest BCUT2D eigenvalue weighted by Gasteiger charge is -2.21. The van der Waals surface area contributed by atoms with Gasteiger partial charge in [0.15, 0.2) is 6.61 Å². The van der Waals surface area contributed by atoms with Crippen molar-refractivity contribution >= 4 is 17.6 Å². The van der Waals surface area contributed by atoms with Crippen molar-refractivity contribution in [3.8, 4) is 0 Å². The number of alkyl halides is 3. The zero-order valence-electron chi connectivity index (χ0n) is 17.7. The topological polar surface area (TPSA) is 58.6 Å². The fourth-order valence-corrected chi connectivity index (χ4v) is 3.25. The van der Waals surface area contributed by atoms with Gasteiger partial charge in [0.2, 0.25) is 0 Å². The van der Waals surface area contributed by atoms with E-state index in [0.717, 1.165) is 23.3 Å². The van der Waals surface area contributed by atoms with Gasteiger partial charge in [0.25, 0.3) is 5.91 Å². The van der Waals surface area contributed by atoms with Crippen LogP contribution in [0, 0.1) is 0 Å². The Morgan fingerprint density at radius 3 is 1.85 bits per heavy atom. The predicted molar refractivity (Wildman–Crippen MR) is 118 cm³/mol. The molecule has 0 unspecified atom stereocenters. The highest BCUT2D eigenvalue weighted by atomic mass is 19.4. The van der Waals surface area contributed by atoms with Gasteiger partial charge in [0.05, 0.1) is 17.8 Å². The van der Waals surface area contributed by atoms with Crippen LogP contribution in [0.25, 0.3) is 0 Å². The molecule has 0 fully saturated rings. The first-order valence-electron chi connectivity index (χ1n) is 10.2. The van der Waals surface area contributed by atoms with Crippen LogP contribution in [0.5, 0.6) is 0 Å². The largest absolute Gasteiger partial charge is 0.455 e. The first kappa shape index (κ1) is 24.0. The predicted octanol–water partition coefficient (Wildman–Crippen LogP) is 4.89. The van der Waals surface area contributed by atoms with Gasteiger partial charge in [-0.25, -0.2) is 0 Å².